The zero-order valence-corrected chi connectivity index (χ0v) is 10.2. The fourth-order valence-electron chi connectivity index (χ4n) is 6.42. The molecule has 0 saturated heterocycles. The number of rotatable bonds is 0. The van der Waals surface area contributed by atoms with Crippen LogP contribution in [0, 0.1) is 40.9 Å². The molecule has 0 aliphatic heterocycles. The first kappa shape index (κ1) is 9.07. The molecular formula is C15H24. The van der Waals surface area contributed by atoms with Crippen molar-refractivity contribution in [2.45, 2.75) is 52.4 Å². The second kappa shape index (κ2) is 2.63. The molecule has 4 saturated carbocycles. The topological polar surface area (TPSA) is 0 Å². The molecule has 0 nitrogen and oxygen atoms in total. The summed E-state index contributed by atoms with van der Waals surface area (Å²) in [4.78, 5) is 0. The van der Waals surface area contributed by atoms with E-state index in [-0.39, 0.29) is 0 Å². The van der Waals surface area contributed by atoms with E-state index in [1.165, 1.54) is 17.8 Å². The quantitative estimate of drug-likeness (QED) is 0.521. The molecular weight excluding hydrogens is 180 g/mol. The van der Waals surface area contributed by atoms with Gasteiger partial charge in [0.2, 0.25) is 0 Å². The van der Waals surface area contributed by atoms with Crippen molar-refractivity contribution in [1.29, 1.82) is 0 Å². The summed E-state index contributed by atoms with van der Waals surface area (Å²) in [7, 11) is 0. The Bertz CT molecular complexity index is 288. The van der Waals surface area contributed by atoms with Crippen molar-refractivity contribution < 1.29 is 0 Å². The summed E-state index contributed by atoms with van der Waals surface area (Å²) in [6.07, 6.45) is 9.51. The standard InChI is InChI=1S/C15H24/c1-15(2)8-11-7-12(15)14-10-5-3-4-9(6-10)13(11)14/h9-14H,3-8H2,1-2H3. The van der Waals surface area contributed by atoms with Crippen LogP contribution in [0.3, 0.4) is 0 Å². The largest absolute Gasteiger partial charge is 0.0596 e. The molecule has 0 heteroatoms. The number of fused-ring (bicyclic) bond motifs is 9. The van der Waals surface area contributed by atoms with Crippen LogP contribution in [0.1, 0.15) is 52.4 Å². The second-order valence-corrected chi connectivity index (χ2v) is 7.64. The predicted octanol–water partition coefficient (Wildman–Crippen LogP) is 4.10. The first-order chi connectivity index (χ1) is 7.17. The molecule has 4 bridgehead atoms. The van der Waals surface area contributed by atoms with Crippen molar-refractivity contribution in [3.05, 3.63) is 0 Å². The zero-order valence-electron chi connectivity index (χ0n) is 10.2. The highest BCUT2D eigenvalue weighted by molar-refractivity contribution is 5.11. The highest BCUT2D eigenvalue weighted by Gasteiger charge is 2.62. The summed E-state index contributed by atoms with van der Waals surface area (Å²) in [6.45, 7) is 5.10. The van der Waals surface area contributed by atoms with Gasteiger partial charge in [-0.25, -0.2) is 0 Å². The lowest BCUT2D eigenvalue weighted by Crippen LogP contribution is -2.33. The molecule has 0 amide bonds. The van der Waals surface area contributed by atoms with Crippen LogP contribution in [-0.2, 0) is 0 Å². The summed E-state index contributed by atoms with van der Waals surface area (Å²) in [6, 6.07) is 0. The molecule has 4 rings (SSSR count). The van der Waals surface area contributed by atoms with Gasteiger partial charge in [0.15, 0.2) is 0 Å². The highest BCUT2D eigenvalue weighted by Crippen LogP contribution is 2.70. The fraction of sp³-hybridized carbons (Fsp3) is 1.00. The van der Waals surface area contributed by atoms with Crippen molar-refractivity contribution in [2.24, 2.45) is 40.9 Å². The van der Waals surface area contributed by atoms with Crippen LogP contribution in [0.15, 0.2) is 0 Å². The van der Waals surface area contributed by atoms with Crippen LogP contribution >= 0.6 is 0 Å². The molecule has 15 heavy (non-hydrogen) atoms. The normalized spacial score (nSPS) is 59.6. The Morgan fingerprint density at radius 3 is 2.40 bits per heavy atom. The minimum atomic E-state index is 0.698. The fourth-order valence-corrected chi connectivity index (χ4v) is 6.42. The lowest BCUT2D eigenvalue weighted by molar-refractivity contribution is 0.0856. The third kappa shape index (κ3) is 0.996. The average Bonchev–Trinajstić information content (AvgIpc) is 2.76. The van der Waals surface area contributed by atoms with Crippen molar-refractivity contribution in [3.63, 3.8) is 0 Å². The number of hydrogen-bond acceptors (Lipinski definition) is 0. The summed E-state index contributed by atoms with van der Waals surface area (Å²) >= 11 is 0. The van der Waals surface area contributed by atoms with Gasteiger partial charge >= 0.3 is 0 Å². The van der Waals surface area contributed by atoms with Crippen molar-refractivity contribution in [1.82, 2.24) is 0 Å². The molecule has 0 radical (unpaired) electrons. The SMILES string of the molecule is CC1(C)CC2CC1C1C3CCCC(C3)C21. The van der Waals surface area contributed by atoms with E-state index in [0.29, 0.717) is 5.41 Å². The molecule has 0 aromatic carbocycles. The summed E-state index contributed by atoms with van der Waals surface area (Å²) in [5, 5.41) is 0. The lowest BCUT2D eigenvalue weighted by atomic mass is 9.65. The van der Waals surface area contributed by atoms with Crippen molar-refractivity contribution in [3.8, 4) is 0 Å². The highest BCUT2D eigenvalue weighted by atomic mass is 14.7. The average molecular weight is 204 g/mol. The van der Waals surface area contributed by atoms with Crippen molar-refractivity contribution in [2.75, 3.05) is 0 Å². The van der Waals surface area contributed by atoms with Gasteiger partial charge in [0.1, 0.15) is 0 Å². The minimum Gasteiger partial charge on any atom is -0.0596 e. The van der Waals surface area contributed by atoms with Crippen LogP contribution in [0.5, 0.6) is 0 Å². The van der Waals surface area contributed by atoms with Crippen LogP contribution in [-0.4, -0.2) is 0 Å². The molecule has 6 unspecified atom stereocenters. The minimum absolute atomic E-state index is 0.698. The summed E-state index contributed by atoms with van der Waals surface area (Å²) in [5.41, 5.74) is 0.698. The molecule has 0 spiro atoms. The Balaban J connectivity index is 1.73. The van der Waals surface area contributed by atoms with Crippen LogP contribution in [0.25, 0.3) is 0 Å². The summed E-state index contributed by atoms with van der Waals surface area (Å²) in [5.74, 6) is 6.94. The molecule has 4 aliphatic carbocycles. The molecule has 84 valence electrons. The van der Waals surface area contributed by atoms with E-state index in [2.05, 4.69) is 13.8 Å². The van der Waals surface area contributed by atoms with Gasteiger partial charge < -0.3 is 0 Å². The molecule has 0 aromatic heterocycles. The van der Waals surface area contributed by atoms with Gasteiger partial charge in [0.25, 0.3) is 0 Å². The van der Waals surface area contributed by atoms with E-state index in [1.807, 2.05) is 0 Å². The van der Waals surface area contributed by atoms with Crippen LogP contribution < -0.4 is 0 Å². The van der Waals surface area contributed by atoms with Crippen LogP contribution in [0.2, 0.25) is 0 Å². The van der Waals surface area contributed by atoms with E-state index in [9.17, 15) is 0 Å². The first-order valence-electron chi connectivity index (χ1n) is 7.17. The Kier molecular flexibility index (Phi) is 1.59. The zero-order chi connectivity index (χ0) is 10.2. The second-order valence-electron chi connectivity index (χ2n) is 7.64. The molecule has 0 heterocycles. The van der Waals surface area contributed by atoms with Gasteiger partial charge in [-0.1, -0.05) is 33.1 Å². The molecule has 0 aromatic rings. The Morgan fingerprint density at radius 2 is 1.60 bits per heavy atom. The van der Waals surface area contributed by atoms with E-state index in [1.54, 1.807) is 38.5 Å². The first-order valence-corrected chi connectivity index (χ1v) is 7.17. The Morgan fingerprint density at radius 1 is 0.867 bits per heavy atom. The third-order valence-electron chi connectivity index (χ3n) is 6.65. The van der Waals surface area contributed by atoms with Crippen molar-refractivity contribution >= 4 is 0 Å². The maximum atomic E-state index is 2.55. The maximum absolute atomic E-state index is 2.55. The van der Waals surface area contributed by atoms with E-state index in [4.69, 9.17) is 0 Å². The smallest absolute Gasteiger partial charge is 0.0318 e. The van der Waals surface area contributed by atoms with Gasteiger partial charge in [-0.2, -0.15) is 0 Å². The van der Waals surface area contributed by atoms with E-state index < -0.39 is 0 Å². The predicted molar refractivity (Wildman–Crippen MR) is 62.4 cm³/mol. The lowest BCUT2D eigenvalue weighted by Gasteiger charge is -2.40. The third-order valence-corrected chi connectivity index (χ3v) is 6.65. The number of hydrogen-bond donors (Lipinski definition) is 0. The van der Waals surface area contributed by atoms with E-state index in [0.717, 1.165) is 17.8 Å². The molecule has 6 atom stereocenters. The van der Waals surface area contributed by atoms with Gasteiger partial charge in [0, 0.05) is 0 Å². The molecule has 4 aliphatic rings. The van der Waals surface area contributed by atoms with Gasteiger partial charge in [-0.15, -0.1) is 0 Å². The Hall–Kier alpha value is 0. The van der Waals surface area contributed by atoms with E-state index >= 15 is 0 Å². The molecule has 0 N–H and O–H groups in total. The Labute approximate surface area is 93.8 Å². The molecule has 4 fully saturated rings. The summed E-state index contributed by atoms with van der Waals surface area (Å²) < 4.78 is 0. The van der Waals surface area contributed by atoms with Crippen LogP contribution in [0.4, 0.5) is 0 Å². The van der Waals surface area contributed by atoms with Gasteiger partial charge in [-0.05, 0) is 60.2 Å². The van der Waals surface area contributed by atoms with Gasteiger partial charge in [0.05, 0.1) is 0 Å². The maximum Gasteiger partial charge on any atom is -0.0318 e. The monoisotopic (exact) mass is 204 g/mol. The van der Waals surface area contributed by atoms with Gasteiger partial charge in [-0.3, -0.25) is 0 Å².